The third kappa shape index (κ3) is 6.35. The highest BCUT2D eigenvalue weighted by molar-refractivity contribution is 6.42. The second-order valence-corrected chi connectivity index (χ2v) is 9.81. The Labute approximate surface area is 186 Å². The minimum atomic E-state index is 0.304. The predicted octanol–water partition coefficient (Wildman–Crippen LogP) is 6.07. The van der Waals surface area contributed by atoms with E-state index < -0.39 is 0 Å². The molecule has 3 rings (SSSR count). The zero-order chi connectivity index (χ0) is 20.8. The van der Waals surface area contributed by atoms with Crippen LogP contribution in [0.5, 0.6) is 0 Å². The number of halogens is 2. The summed E-state index contributed by atoms with van der Waals surface area (Å²) in [6.45, 7) is 8.59. The zero-order valence-electron chi connectivity index (χ0n) is 18.0. The fourth-order valence-corrected chi connectivity index (χ4v) is 5.35. The topological polar surface area (TPSA) is 23.6 Å². The summed E-state index contributed by atoms with van der Waals surface area (Å²) in [7, 11) is 0. The molecule has 1 aromatic carbocycles. The Hall–Kier alpha value is -0.770. The van der Waals surface area contributed by atoms with Crippen LogP contribution in [0.3, 0.4) is 0 Å². The molecule has 2 aliphatic rings. The van der Waals surface area contributed by atoms with Gasteiger partial charge in [0.2, 0.25) is 5.91 Å². The van der Waals surface area contributed by atoms with E-state index in [1.54, 1.807) is 0 Å². The first-order valence-corrected chi connectivity index (χ1v) is 12.2. The van der Waals surface area contributed by atoms with Gasteiger partial charge in [0.15, 0.2) is 0 Å². The lowest BCUT2D eigenvalue weighted by molar-refractivity contribution is -0.138. The molecule has 1 amide bonds. The summed E-state index contributed by atoms with van der Waals surface area (Å²) < 4.78 is 0. The number of carbonyl (C=O) groups excluding carboxylic acids is 1. The monoisotopic (exact) mass is 438 g/mol. The quantitative estimate of drug-likeness (QED) is 0.515. The van der Waals surface area contributed by atoms with Crippen LogP contribution in [-0.4, -0.2) is 47.9 Å². The van der Waals surface area contributed by atoms with Crippen LogP contribution in [0.1, 0.15) is 64.4 Å². The number of amides is 1. The van der Waals surface area contributed by atoms with Gasteiger partial charge >= 0.3 is 0 Å². The summed E-state index contributed by atoms with van der Waals surface area (Å²) >= 11 is 12.2. The number of nitrogens with zero attached hydrogens (tertiary/aromatic N) is 2. The van der Waals surface area contributed by atoms with Crippen LogP contribution < -0.4 is 0 Å². The van der Waals surface area contributed by atoms with E-state index in [1.165, 1.54) is 24.8 Å². The first kappa shape index (κ1) is 22.9. The normalized spacial score (nSPS) is 20.2. The molecule has 1 unspecified atom stereocenters. The van der Waals surface area contributed by atoms with Gasteiger partial charge in [-0.2, -0.15) is 0 Å². The van der Waals surface area contributed by atoms with Gasteiger partial charge in [0, 0.05) is 31.6 Å². The van der Waals surface area contributed by atoms with E-state index in [1.807, 2.05) is 12.1 Å². The van der Waals surface area contributed by atoms with Crippen LogP contribution in [0, 0.1) is 11.8 Å². The Bertz CT molecular complexity index is 667. The highest BCUT2D eigenvalue weighted by Crippen LogP contribution is 2.28. The Morgan fingerprint density at radius 2 is 1.79 bits per heavy atom. The molecule has 1 atom stereocenters. The minimum absolute atomic E-state index is 0.304. The van der Waals surface area contributed by atoms with Crippen molar-refractivity contribution in [1.82, 2.24) is 9.80 Å². The standard InChI is InChI=1S/C24H36Cl2N2O/c1-3-27(18(2)15-20-9-10-22(25)23(26)16-20)17-19-11-13-28(14-12-19)24(29)21-7-5-4-6-8-21/h9-10,16,18-19,21H,3-8,11-15,17H2,1-2H3. The number of piperidine rings is 1. The lowest BCUT2D eigenvalue weighted by atomic mass is 9.87. The van der Waals surface area contributed by atoms with E-state index in [0.29, 0.717) is 33.8 Å². The molecule has 162 valence electrons. The molecule has 1 aliphatic carbocycles. The van der Waals surface area contributed by atoms with Crippen molar-refractivity contribution in [1.29, 1.82) is 0 Å². The molecular formula is C24H36Cl2N2O. The van der Waals surface area contributed by atoms with Crippen LogP contribution in [0.25, 0.3) is 0 Å². The van der Waals surface area contributed by atoms with Crippen LogP contribution in [0.15, 0.2) is 18.2 Å². The number of likely N-dealkylation sites (tertiary alicyclic amines) is 1. The van der Waals surface area contributed by atoms with Gasteiger partial charge < -0.3 is 9.80 Å². The van der Waals surface area contributed by atoms with Gasteiger partial charge in [-0.3, -0.25) is 4.79 Å². The average molecular weight is 439 g/mol. The van der Waals surface area contributed by atoms with Gasteiger partial charge in [0.05, 0.1) is 10.0 Å². The van der Waals surface area contributed by atoms with E-state index >= 15 is 0 Å². The van der Waals surface area contributed by atoms with E-state index in [4.69, 9.17) is 23.2 Å². The van der Waals surface area contributed by atoms with Gasteiger partial charge in [0.25, 0.3) is 0 Å². The number of hydrogen-bond donors (Lipinski definition) is 0. The molecule has 1 aromatic rings. The van der Waals surface area contributed by atoms with E-state index in [9.17, 15) is 4.79 Å². The lowest BCUT2D eigenvalue weighted by Crippen LogP contribution is -2.45. The molecule has 0 aromatic heterocycles. The largest absolute Gasteiger partial charge is 0.342 e. The minimum Gasteiger partial charge on any atom is -0.342 e. The first-order chi connectivity index (χ1) is 14.0. The SMILES string of the molecule is CCN(CC1CCN(C(=O)C2CCCCC2)CC1)C(C)Cc1ccc(Cl)c(Cl)c1. The zero-order valence-corrected chi connectivity index (χ0v) is 19.5. The summed E-state index contributed by atoms with van der Waals surface area (Å²) in [5.41, 5.74) is 1.23. The van der Waals surface area contributed by atoms with Crippen LogP contribution >= 0.6 is 23.2 Å². The molecule has 5 heteroatoms. The van der Waals surface area contributed by atoms with Crippen LogP contribution in [0.2, 0.25) is 10.0 Å². The number of rotatable bonds is 7. The highest BCUT2D eigenvalue weighted by atomic mass is 35.5. The van der Waals surface area contributed by atoms with Crippen molar-refractivity contribution < 1.29 is 4.79 Å². The van der Waals surface area contributed by atoms with E-state index in [2.05, 4.69) is 29.7 Å². The molecule has 0 bridgehead atoms. The van der Waals surface area contributed by atoms with Gasteiger partial charge in [0.1, 0.15) is 0 Å². The summed E-state index contributed by atoms with van der Waals surface area (Å²) in [5.74, 6) is 1.42. The maximum Gasteiger partial charge on any atom is 0.225 e. The summed E-state index contributed by atoms with van der Waals surface area (Å²) in [6.07, 6.45) is 9.22. The van der Waals surface area contributed by atoms with Crippen molar-refractivity contribution in [3.05, 3.63) is 33.8 Å². The summed E-state index contributed by atoms with van der Waals surface area (Å²) in [5, 5.41) is 1.25. The van der Waals surface area contributed by atoms with Gasteiger partial charge in [-0.15, -0.1) is 0 Å². The number of carbonyl (C=O) groups is 1. The third-order valence-electron chi connectivity index (χ3n) is 6.92. The van der Waals surface area contributed by atoms with Crippen molar-refractivity contribution in [2.45, 2.75) is 71.3 Å². The smallest absolute Gasteiger partial charge is 0.225 e. The molecule has 2 fully saturated rings. The molecule has 0 radical (unpaired) electrons. The maximum atomic E-state index is 12.8. The number of benzene rings is 1. The fraction of sp³-hybridized carbons (Fsp3) is 0.708. The molecule has 1 saturated carbocycles. The van der Waals surface area contributed by atoms with Crippen LogP contribution in [-0.2, 0) is 11.2 Å². The maximum absolute atomic E-state index is 12.8. The average Bonchev–Trinajstić information content (AvgIpc) is 2.75. The summed E-state index contributed by atoms with van der Waals surface area (Å²) in [4.78, 5) is 17.5. The van der Waals surface area contributed by atoms with Crippen molar-refractivity contribution in [3.63, 3.8) is 0 Å². The molecule has 1 aliphatic heterocycles. The Morgan fingerprint density at radius 3 is 2.41 bits per heavy atom. The molecule has 0 N–H and O–H groups in total. The molecule has 1 heterocycles. The van der Waals surface area contributed by atoms with Crippen molar-refractivity contribution >= 4 is 29.1 Å². The number of hydrogen-bond acceptors (Lipinski definition) is 2. The third-order valence-corrected chi connectivity index (χ3v) is 7.66. The molecule has 3 nitrogen and oxygen atoms in total. The molecule has 1 saturated heterocycles. The Morgan fingerprint density at radius 1 is 1.10 bits per heavy atom. The molecule has 29 heavy (non-hydrogen) atoms. The first-order valence-electron chi connectivity index (χ1n) is 11.4. The molecular weight excluding hydrogens is 403 g/mol. The van der Waals surface area contributed by atoms with Crippen molar-refractivity contribution in [3.8, 4) is 0 Å². The van der Waals surface area contributed by atoms with Crippen molar-refractivity contribution in [2.75, 3.05) is 26.2 Å². The Balaban J connectivity index is 1.47. The highest BCUT2D eigenvalue weighted by Gasteiger charge is 2.30. The van der Waals surface area contributed by atoms with Crippen molar-refractivity contribution in [2.24, 2.45) is 11.8 Å². The second-order valence-electron chi connectivity index (χ2n) is 8.99. The van der Waals surface area contributed by atoms with Gasteiger partial charge in [-0.1, -0.05) is 55.5 Å². The van der Waals surface area contributed by atoms with Gasteiger partial charge in [-0.05, 0) is 69.2 Å². The predicted molar refractivity (Wildman–Crippen MR) is 123 cm³/mol. The Kier molecular flexibility index (Phi) is 8.70. The second kappa shape index (κ2) is 11.0. The fourth-order valence-electron chi connectivity index (χ4n) is 5.03. The number of likely N-dealkylation sites (N-methyl/N-ethyl adjacent to an activating group) is 1. The molecule has 0 spiro atoms. The van der Waals surface area contributed by atoms with Crippen LogP contribution in [0.4, 0.5) is 0 Å². The van der Waals surface area contributed by atoms with E-state index in [0.717, 1.165) is 58.3 Å². The lowest BCUT2D eigenvalue weighted by Gasteiger charge is -2.38. The summed E-state index contributed by atoms with van der Waals surface area (Å²) in [6, 6.07) is 6.41. The van der Waals surface area contributed by atoms with E-state index in [-0.39, 0.29) is 0 Å². The van der Waals surface area contributed by atoms with Gasteiger partial charge in [-0.25, -0.2) is 0 Å².